The minimum Gasteiger partial charge on any atom is -0.352 e. The second-order valence-electron chi connectivity index (χ2n) is 4.50. The molecule has 0 aromatic carbocycles. The molecule has 0 saturated carbocycles. The number of piperidine rings is 1. The molecule has 0 aliphatic carbocycles. The molecule has 1 saturated heterocycles. The molecule has 1 amide bonds. The Labute approximate surface area is 112 Å². The van der Waals surface area contributed by atoms with Crippen LogP contribution < -0.4 is 10.6 Å². The summed E-state index contributed by atoms with van der Waals surface area (Å²) in [6.07, 6.45) is 4.86. The van der Waals surface area contributed by atoms with Gasteiger partial charge in [-0.1, -0.05) is 6.08 Å². The second-order valence-corrected chi connectivity index (χ2v) is 4.77. The van der Waals surface area contributed by atoms with Gasteiger partial charge >= 0.3 is 0 Å². The van der Waals surface area contributed by atoms with Gasteiger partial charge in [-0.2, -0.15) is 0 Å². The number of rotatable bonds is 5. The average Bonchev–Trinajstić information content (AvgIpc) is 2.42. The zero-order chi connectivity index (χ0) is 13.4. The largest absolute Gasteiger partial charge is 0.352 e. The van der Waals surface area contributed by atoms with E-state index >= 15 is 0 Å². The van der Waals surface area contributed by atoms with E-state index in [0.29, 0.717) is 18.0 Å². The molecule has 1 aliphatic heterocycles. The maximum Gasteiger partial charge on any atom is 0.246 e. The summed E-state index contributed by atoms with van der Waals surface area (Å²) in [6.45, 7) is 4.38. The van der Waals surface area contributed by atoms with Crippen molar-refractivity contribution in [3.8, 4) is 0 Å². The third kappa shape index (κ3) is 5.65. The highest BCUT2D eigenvalue weighted by Crippen LogP contribution is 2.10. The van der Waals surface area contributed by atoms with Crippen molar-refractivity contribution < 1.29 is 9.18 Å². The van der Waals surface area contributed by atoms with Crippen LogP contribution in [0.3, 0.4) is 0 Å². The molecule has 0 radical (unpaired) electrons. The molecule has 1 rings (SSSR count). The Morgan fingerprint density at radius 1 is 1.44 bits per heavy atom. The SMILES string of the molecule is C/C(=C\C=C(\F)CCl)C(=O)NCC1CCNCC1. The summed E-state index contributed by atoms with van der Waals surface area (Å²) in [5.74, 6) is -0.215. The molecule has 5 heteroatoms. The van der Waals surface area contributed by atoms with Gasteiger partial charge in [0.15, 0.2) is 0 Å². The zero-order valence-corrected chi connectivity index (χ0v) is 11.4. The Balaban J connectivity index is 2.35. The summed E-state index contributed by atoms with van der Waals surface area (Å²) < 4.78 is 12.8. The van der Waals surface area contributed by atoms with E-state index in [1.165, 1.54) is 12.2 Å². The molecule has 1 fully saturated rings. The topological polar surface area (TPSA) is 41.1 Å². The summed E-state index contributed by atoms with van der Waals surface area (Å²) in [7, 11) is 0. The van der Waals surface area contributed by atoms with Gasteiger partial charge in [0.25, 0.3) is 0 Å². The predicted molar refractivity (Wildman–Crippen MR) is 72.3 cm³/mol. The molecular weight excluding hydrogens is 255 g/mol. The van der Waals surface area contributed by atoms with Crippen molar-refractivity contribution in [2.24, 2.45) is 5.92 Å². The average molecular weight is 275 g/mol. The molecule has 102 valence electrons. The van der Waals surface area contributed by atoms with Crippen molar-refractivity contribution in [2.75, 3.05) is 25.5 Å². The lowest BCUT2D eigenvalue weighted by Gasteiger charge is -2.22. The minimum absolute atomic E-state index is 0.146. The van der Waals surface area contributed by atoms with Crippen LogP contribution in [0.15, 0.2) is 23.6 Å². The van der Waals surface area contributed by atoms with Crippen molar-refractivity contribution in [3.05, 3.63) is 23.6 Å². The number of halogens is 2. The fraction of sp³-hybridized carbons (Fsp3) is 0.615. The van der Waals surface area contributed by atoms with Gasteiger partial charge in [-0.3, -0.25) is 4.79 Å². The van der Waals surface area contributed by atoms with Crippen molar-refractivity contribution >= 4 is 17.5 Å². The number of allylic oxidation sites excluding steroid dienone is 3. The number of alkyl halides is 1. The van der Waals surface area contributed by atoms with Crippen molar-refractivity contribution in [3.63, 3.8) is 0 Å². The highest BCUT2D eigenvalue weighted by Gasteiger charge is 2.14. The zero-order valence-electron chi connectivity index (χ0n) is 10.6. The third-order valence-electron chi connectivity index (χ3n) is 3.01. The van der Waals surface area contributed by atoms with E-state index < -0.39 is 5.83 Å². The summed E-state index contributed by atoms with van der Waals surface area (Å²) in [6, 6.07) is 0. The van der Waals surface area contributed by atoms with Gasteiger partial charge in [-0.05, 0) is 44.8 Å². The Morgan fingerprint density at radius 3 is 2.72 bits per heavy atom. The van der Waals surface area contributed by atoms with Crippen LogP contribution in [0.2, 0.25) is 0 Å². The molecule has 2 N–H and O–H groups in total. The Kier molecular flexibility index (Phi) is 6.98. The van der Waals surface area contributed by atoms with E-state index in [0.717, 1.165) is 25.9 Å². The lowest BCUT2D eigenvalue weighted by molar-refractivity contribution is -0.117. The van der Waals surface area contributed by atoms with Crippen molar-refractivity contribution in [1.29, 1.82) is 0 Å². The van der Waals surface area contributed by atoms with E-state index in [1.807, 2.05) is 0 Å². The van der Waals surface area contributed by atoms with Gasteiger partial charge in [-0.25, -0.2) is 4.39 Å². The lowest BCUT2D eigenvalue weighted by atomic mass is 9.98. The number of hydrogen-bond donors (Lipinski definition) is 2. The first kappa shape index (κ1) is 15.2. The summed E-state index contributed by atoms with van der Waals surface area (Å²) in [5, 5.41) is 6.15. The van der Waals surface area contributed by atoms with Gasteiger partial charge in [0.2, 0.25) is 5.91 Å². The highest BCUT2D eigenvalue weighted by molar-refractivity contribution is 6.19. The van der Waals surface area contributed by atoms with E-state index in [-0.39, 0.29) is 11.8 Å². The highest BCUT2D eigenvalue weighted by atomic mass is 35.5. The van der Waals surface area contributed by atoms with Crippen LogP contribution in [0, 0.1) is 5.92 Å². The van der Waals surface area contributed by atoms with Crippen LogP contribution in [0.25, 0.3) is 0 Å². The van der Waals surface area contributed by atoms with Gasteiger partial charge in [0, 0.05) is 12.1 Å². The molecule has 1 heterocycles. The third-order valence-corrected chi connectivity index (χ3v) is 3.27. The van der Waals surface area contributed by atoms with Crippen LogP contribution in [0.4, 0.5) is 4.39 Å². The smallest absolute Gasteiger partial charge is 0.246 e. The number of hydrogen-bond acceptors (Lipinski definition) is 2. The second kappa shape index (κ2) is 8.27. The number of amides is 1. The van der Waals surface area contributed by atoms with E-state index in [4.69, 9.17) is 11.6 Å². The molecule has 0 aromatic heterocycles. The van der Waals surface area contributed by atoms with Crippen LogP contribution in [-0.2, 0) is 4.79 Å². The maximum atomic E-state index is 12.8. The summed E-state index contributed by atoms with van der Waals surface area (Å²) >= 11 is 5.30. The Bertz CT molecular complexity index is 336. The van der Waals surface area contributed by atoms with Gasteiger partial charge < -0.3 is 10.6 Å². The minimum atomic E-state index is -0.442. The molecule has 18 heavy (non-hydrogen) atoms. The van der Waals surface area contributed by atoms with Crippen LogP contribution in [0.5, 0.6) is 0 Å². The first-order valence-electron chi connectivity index (χ1n) is 6.21. The molecule has 3 nitrogen and oxygen atoms in total. The van der Waals surface area contributed by atoms with Crippen molar-refractivity contribution in [2.45, 2.75) is 19.8 Å². The molecule has 0 bridgehead atoms. The van der Waals surface area contributed by atoms with Gasteiger partial charge in [0.05, 0.1) is 5.88 Å². The monoisotopic (exact) mass is 274 g/mol. The summed E-state index contributed by atoms with van der Waals surface area (Å²) in [4.78, 5) is 11.7. The molecule has 0 atom stereocenters. The summed E-state index contributed by atoms with van der Waals surface area (Å²) in [5.41, 5.74) is 0.490. The fourth-order valence-electron chi connectivity index (χ4n) is 1.80. The number of carbonyl (C=O) groups excluding carboxylic acids is 1. The fourth-order valence-corrected chi connectivity index (χ4v) is 1.89. The van der Waals surface area contributed by atoms with Crippen LogP contribution in [-0.4, -0.2) is 31.4 Å². The molecule has 0 spiro atoms. The lowest BCUT2D eigenvalue weighted by Crippen LogP contribution is -2.36. The number of carbonyl (C=O) groups is 1. The molecule has 0 unspecified atom stereocenters. The van der Waals surface area contributed by atoms with E-state index in [1.54, 1.807) is 6.92 Å². The molecular formula is C13H20ClFN2O. The van der Waals surface area contributed by atoms with Crippen molar-refractivity contribution in [1.82, 2.24) is 10.6 Å². The quantitative estimate of drug-likeness (QED) is 0.458. The maximum absolute atomic E-state index is 12.8. The Hall–Kier alpha value is -0.870. The van der Waals surface area contributed by atoms with Gasteiger partial charge in [0.1, 0.15) is 5.83 Å². The predicted octanol–water partition coefficient (Wildman–Crippen LogP) is 2.14. The number of nitrogens with one attached hydrogen (secondary N) is 2. The normalized spacial score (nSPS) is 18.8. The molecule has 0 aromatic rings. The first-order valence-corrected chi connectivity index (χ1v) is 6.74. The molecule has 1 aliphatic rings. The standard InChI is InChI=1S/C13H20ClFN2O/c1-10(2-3-12(15)8-14)13(18)17-9-11-4-6-16-7-5-11/h2-3,11,16H,4-9H2,1H3,(H,17,18)/b10-2+,12-3+. The van der Waals surface area contributed by atoms with Crippen LogP contribution >= 0.6 is 11.6 Å². The first-order chi connectivity index (χ1) is 8.63. The van der Waals surface area contributed by atoms with Crippen LogP contribution in [0.1, 0.15) is 19.8 Å². The van der Waals surface area contributed by atoms with E-state index in [9.17, 15) is 9.18 Å². The van der Waals surface area contributed by atoms with Gasteiger partial charge in [-0.15, -0.1) is 11.6 Å². The van der Waals surface area contributed by atoms with E-state index in [2.05, 4.69) is 10.6 Å². The Morgan fingerprint density at radius 2 is 2.11 bits per heavy atom.